The smallest absolute Gasteiger partial charge is 0.268 e. The number of nitrogens with zero attached hydrogens (tertiary/aromatic N) is 2. The van der Waals surface area contributed by atoms with Gasteiger partial charge >= 0.3 is 0 Å². The van der Waals surface area contributed by atoms with Gasteiger partial charge in [0.2, 0.25) is 10.0 Å². The molecule has 1 heterocycles. The molecule has 0 bridgehead atoms. The van der Waals surface area contributed by atoms with Gasteiger partial charge in [-0.05, 0) is 43.2 Å². The minimum Gasteiger partial charge on any atom is -0.348 e. The quantitative estimate of drug-likeness (QED) is 0.645. The molecule has 1 aromatic heterocycles. The monoisotopic (exact) mass is 413 g/mol. The molecule has 0 aliphatic rings. The Bertz CT molecular complexity index is 1120. The first-order valence-electron chi connectivity index (χ1n) is 9.64. The van der Waals surface area contributed by atoms with Crippen LogP contribution in [0.4, 0.5) is 0 Å². The highest BCUT2D eigenvalue weighted by Crippen LogP contribution is 2.26. The van der Waals surface area contributed by atoms with Gasteiger partial charge in [-0.1, -0.05) is 37.3 Å². The fourth-order valence-electron chi connectivity index (χ4n) is 3.14. The lowest BCUT2D eigenvalue weighted by Crippen LogP contribution is -2.33. The van der Waals surface area contributed by atoms with Gasteiger partial charge in [-0.3, -0.25) is 4.79 Å². The molecule has 0 saturated carbocycles. The predicted molar refractivity (Wildman–Crippen MR) is 116 cm³/mol. The van der Waals surface area contributed by atoms with E-state index < -0.39 is 10.0 Å². The lowest BCUT2D eigenvalue weighted by molar-refractivity contribution is 0.0931. The summed E-state index contributed by atoms with van der Waals surface area (Å²) in [6.45, 7) is 4.50. The van der Waals surface area contributed by atoms with Crippen molar-refractivity contribution in [1.82, 2.24) is 14.2 Å². The molecule has 0 aliphatic heterocycles. The first-order chi connectivity index (χ1) is 13.7. The van der Waals surface area contributed by atoms with Crippen molar-refractivity contribution in [3.63, 3.8) is 0 Å². The predicted octanol–water partition coefficient (Wildman–Crippen LogP) is 3.47. The number of fused-ring (bicyclic) bond motifs is 1. The molecule has 1 N–H and O–H groups in total. The van der Waals surface area contributed by atoms with Crippen molar-refractivity contribution in [2.45, 2.75) is 37.8 Å². The number of carbonyl (C=O) groups excluding carboxylic acids is 1. The molecule has 1 amide bonds. The van der Waals surface area contributed by atoms with E-state index in [1.54, 1.807) is 24.3 Å². The molecule has 29 heavy (non-hydrogen) atoms. The second-order valence-corrected chi connectivity index (χ2v) is 9.54. The number of nitrogens with one attached hydrogen (secondary N) is 1. The van der Waals surface area contributed by atoms with Crippen LogP contribution >= 0.6 is 0 Å². The topological polar surface area (TPSA) is 71.4 Å². The van der Waals surface area contributed by atoms with E-state index in [2.05, 4.69) is 5.32 Å². The van der Waals surface area contributed by atoms with Gasteiger partial charge in [0.25, 0.3) is 5.91 Å². The Morgan fingerprint density at radius 2 is 1.79 bits per heavy atom. The minimum absolute atomic E-state index is 0.0513. The molecule has 0 spiro atoms. The molecular weight excluding hydrogens is 386 g/mol. The second kappa shape index (κ2) is 8.39. The van der Waals surface area contributed by atoms with Crippen LogP contribution in [0.2, 0.25) is 0 Å². The van der Waals surface area contributed by atoms with E-state index in [1.807, 2.05) is 48.7 Å². The molecule has 7 heteroatoms. The summed E-state index contributed by atoms with van der Waals surface area (Å²) >= 11 is 0. The molecular formula is C22H27N3O3S. The van der Waals surface area contributed by atoms with Crippen molar-refractivity contribution >= 4 is 26.8 Å². The number of amides is 1. The number of rotatable bonds is 7. The van der Waals surface area contributed by atoms with E-state index in [9.17, 15) is 13.2 Å². The number of sulfonamides is 1. The van der Waals surface area contributed by atoms with Crippen LogP contribution in [-0.4, -0.2) is 43.3 Å². The van der Waals surface area contributed by atoms with Crippen LogP contribution in [0.1, 0.15) is 36.3 Å². The molecule has 1 atom stereocenters. The number of benzene rings is 2. The summed E-state index contributed by atoms with van der Waals surface area (Å²) in [6, 6.07) is 16.7. The normalized spacial score (nSPS) is 13.0. The van der Waals surface area contributed by atoms with Crippen molar-refractivity contribution in [3.05, 3.63) is 65.9 Å². The zero-order chi connectivity index (χ0) is 21.2. The maximum atomic E-state index is 12.9. The van der Waals surface area contributed by atoms with Crippen molar-refractivity contribution in [2.75, 3.05) is 14.1 Å². The van der Waals surface area contributed by atoms with Gasteiger partial charge in [-0.2, -0.15) is 0 Å². The van der Waals surface area contributed by atoms with Crippen molar-refractivity contribution in [3.8, 4) is 0 Å². The summed E-state index contributed by atoms with van der Waals surface area (Å²) in [7, 11) is -0.540. The first kappa shape index (κ1) is 21.1. The van der Waals surface area contributed by atoms with Crippen LogP contribution in [0.25, 0.3) is 10.9 Å². The largest absolute Gasteiger partial charge is 0.348 e. The highest BCUT2D eigenvalue weighted by atomic mass is 32.2. The zero-order valence-electron chi connectivity index (χ0n) is 17.2. The lowest BCUT2D eigenvalue weighted by atomic mass is 10.2. The summed E-state index contributed by atoms with van der Waals surface area (Å²) in [4.78, 5) is 13.1. The average molecular weight is 414 g/mol. The number of hydrogen-bond acceptors (Lipinski definition) is 3. The molecule has 0 unspecified atom stereocenters. The van der Waals surface area contributed by atoms with E-state index in [4.69, 9.17) is 0 Å². The fourth-order valence-corrected chi connectivity index (χ4v) is 4.08. The van der Waals surface area contributed by atoms with Crippen LogP contribution in [-0.2, 0) is 16.6 Å². The third kappa shape index (κ3) is 4.36. The maximum Gasteiger partial charge on any atom is 0.268 e. The molecule has 2 aromatic carbocycles. The summed E-state index contributed by atoms with van der Waals surface area (Å²) in [5.41, 5.74) is 2.40. The van der Waals surface area contributed by atoms with E-state index >= 15 is 0 Å². The standard InChI is InChI=1S/C22H27N3O3S/c1-5-16(2)23-22(26)21-14-18-13-19(29(27,28)24(3)4)11-12-20(18)25(21)15-17-9-7-6-8-10-17/h6-14,16H,5,15H2,1-4H3,(H,23,26)/t16-/m1/s1. The Labute approximate surface area is 172 Å². The lowest BCUT2D eigenvalue weighted by Gasteiger charge is -2.15. The van der Waals surface area contributed by atoms with E-state index in [-0.39, 0.29) is 16.8 Å². The highest BCUT2D eigenvalue weighted by molar-refractivity contribution is 7.89. The minimum atomic E-state index is -3.55. The number of carbonyl (C=O) groups is 1. The molecule has 0 aliphatic carbocycles. The molecule has 3 rings (SSSR count). The summed E-state index contributed by atoms with van der Waals surface area (Å²) in [5.74, 6) is -0.163. The van der Waals surface area contributed by atoms with Gasteiger partial charge in [0.05, 0.1) is 4.90 Å². The summed E-state index contributed by atoms with van der Waals surface area (Å²) in [5, 5.41) is 3.73. The Balaban J connectivity index is 2.13. The zero-order valence-corrected chi connectivity index (χ0v) is 18.0. The molecule has 154 valence electrons. The fraction of sp³-hybridized carbons (Fsp3) is 0.318. The van der Waals surface area contributed by atoms with Gasteiger partial charge in [0.15, 0.2) is 0 Å². The van der Waals surface area contributed by atoms with Crippen molar-refractivity contribution in [1.29, 1.82) is 0 Å². The number of aromatic nitrogens is 1. The molecule has 6 nitrogen and oxygen atoms in total. The Morgan fingerprint density at radius 3 is 2.41 bits per heavy atom. The second-order valence-electron chi connectivity index (χ2n) is 7.39. The molecule has 0 radical (unpaired) electrons. The van der Waals surface area contributed by atoms with Crippen LogP contribution in [0, 0.1) is 0 Å². The van der Waals surface area contributed by atoms with Crippen molar-refractivity contribution < 1.29 is 13.2 Å². The molecule has 0 fully saturated rings. The van der Waals surface area contributed by atoms with Crippen LogP contribution < -0.4 is 5.32 Å². The third-order valence-corrected chi connectivity index (χ3v) is 6.87. The van der Waals surface area contributed by atoms with Crippen LogP contribution in [0.3, 0.4) is 0 Å². The van der Waals surface area contributed by atoms with Crippen LogP contribution in [0.5, 0.6) is 0 Å². The Hall–Kier alpha value is -2.64. The highest BCUT2D eigenvalue weighted by Gasteiger charge is 2.21. The molecule has 0 saturated heterocycles. The van der Waals surface area contributed by atoms with Crippen molar-refractivity contribution in [2.24, 2.45) is 0 Å². The summed E-state index contributed by atoms with van der Waals surface area (Å²) < 4.78 is 28.2. The van der Waals surface area contributed by atoms with E-state index in [0.29, 0.717) is 12.2 Å². The average Bonchev–Trinajstić information content (AvgIpc) is 3.06. The molecule has 3 aromatic rings. The van der Waals surface area contributed by atoms with Gasteiger partial charge in [0, 0.05) is 37.6 Å². The van der Waals surface area contributed by atoms with E-state index in [0.717, 1.165) is 22.9 Å². The SMILES string of the molecule is CC[C@@H](C)NC(=O)c1cc2cc(S(=O)(=O)N(C)C)ccc2n1Cc1ccccc1. The first-order valence-corrected chi connectivity index (χ1v) is 11.1. The number of hydrogen-bond donors (Lipinski definition) is 1. The maximum absolute atomic E-state index is 12.9. The van der Waals surface area contributed by atoms with Gasteiger partial charge in [-0.25, -0.2) is 12.7 Å². The van der Waals surface area contributed by atoms with Gasteiger partial charge in [0.1, 0.15) is 5.69 Å². The third-order valence-electron chi connectivity index (χ3n) is 5.06. The van der Waals surface area contributed by atoms with Gasteiger partial charge in [-0.15, -0.1) is 0 Å². The van der Waals surface area contributed by atoms with Gasteiger partial charge < -0.3 is 9.88 Å². The van der Waals surface area contributed by atoms with Crippen LogP contribution in [0.15, 0.2) is 59.5 Å². The Morgan fingerprint density at radius 1 is 1.10 bits per heavy atom. The summed E-state index contributed by atoms with van der Waals surface area (Å²) in [6.07, 6.45) is 0.829. The Kier molecular flexibility index (Phi) is 6.10. The van der Waals surface area contributed by atoms with E-state index in [1.165, 1.54) is 18.4 Å².